The number of amides is 1. The Morgan fingerprint density at radius 2 is 2.00 bits per heavy atom. The van der Waals surface area contributed by atoms with Crippen LogP contribution in [0.15, 0.2) is 0 Å². The Labute approximate surface area is 146 Å². The standard InChI is InChI=1S/C18H33N5O/c1-14(2)17-15(18(21(3)4)22(5)20-17)13-19-10-12-23-11-8-6-7-9-16(23)24/h14,19H,6-13H2,1-5H3. The fourth-order valence-electron chi connectivity index (χ4n) is 3.47. The van der Waals surface area contributed by atoms with Gasteiger partial charge in [0.1, 0.15) is 5.82 Å². The number of aryl methyl sites for hydroxylation is 1. The molecule has 6 heteroatoms. The monoisotopic (exact) mass is 335 g/mol. The van der Waals surface area contributed by atoms with Gasteiger partial charge in [0.05, 0.1) is 5.69 Å². The van der Waals surface area contributed by atoms with Gasteiger partial charge in [0, 0.05) is 59.3 Å². The van der Waals surface area contributed by atoms with Crippen LogP contribution in [0.3, 0.4) is 0 Å². The maximum absolute atomic E-state index is 12.0. The summed E-state index contributed by atoms with van der Waals surface area (Å²) in [4.78, 5) is 16.2. The molecule has 1 N–H and O–H groups in total. The minimum Gasteiger partial charge on any atom is -0.363 e. The maximum Gasteiger partial charge on any atom is 0.222 e. The molecule has 0 saturated carbocycles. The highest BCUT2D eigenvalue weighted by atomic mass is 16.2. The highest BCUT2D eigenvalue weighted by molar-refractivity contribution is 5.76. The van der Waals surface area contributed by atoms with Crippen LogP contribution < -0.4 is 10.2 Å². The molecule has 1 saturated heterocycles. The second-order valence-electron chi connectivity index (χ2n) is 7.23. The molecule has 0 atom stereocenters. The molecule has 0 bridgehead atoms. The molecule has 0 aliphatic carbocycles. The Hall–Kier alpha value is -1.56. The zero-order chi connectivity index (χ0) is 17.7. The fraction of sp³-hybridized carbons (Fsp3) is 0.778. The number of nitrogens with one attached hydrogen (secondary N) is 1. The van der Waals surface area contributed by atoms with E-state index >= 15 is 0 Å². The van der Waals surface area contributed by atoms with Gasteiger partial charge in [0.2, 0.25) is 5.91 Å². The summed E-state index contributed by atoms with van der Waals surface area (Å²) in [6.07, 6.45) is 4.07. The summed E-state index contributed by atoms with van der Waals surface area (Å²) < 4.78 is 1.96. The molecule has 0 unspecified atom stereocenters. The van der Waals surface area contributed by atoms with Crippen LogP contribution in [-0.2, 0) is 18.4 Å². The van der Waals surface area contributed by atoms with E-state index in [1.807, 2.05) is 16.6 Å². The van der Waals surface area contributed by atoms with Crippen LogP contribution in [0.25, 0.3) is 0 Å². The number of carbonyl (C=O) groups excluding carboxylic acids is 1. The molecule has 1 aliphatic rings. The first-order valence-corrected chi connectivity index (χ1v) is 9.13. The molecule has 1 aromatic heterocycles. The van der Waals surface area contributed by atoms with Crippen LogP contribution in [0.2, 0.25) is 0 Å². The van der Waals surface area contributed by atoms with Crippen LogP contribution in [0.5, 0.6) is 0 Å². The number of anilines is 1. The van der Waals surface area contributed by atoms with Crippen molar-refractivity contribution in [1.82, 2.24) is 20.0 Å². The van der Waals surface area contributed by atoms with Gasteiger partial charge >= 0.3 is 0 Å². The zero-order valence-corrected chi connectivity index (χ0v) is 15.9. The first-order chi connectivity index (χ1) is 11.4. The normalized spacial score (nSPS) is 15.9. The summed E-state index contributed by atoms with van der Waals surface area (Å²) in [5.41, 5.74) is 2.42. The quantitative estimate of drug-likeness (QED) is 0.776. The van der Waals surface area contributed by atoms with Gasteiger partial charge in [-0.15, -0.1) is 0 Å². The van der Waals surface area contributed by atoms with Gasteiger partial charge in [-0.2, -0.15) is 5.10 Å². The number of rotatable bonds is 7. The van der Waals surface area contributed by atoms with Gasteiger partial charge in [-0.05, 0) is 18.8 Å². The molecule has 1 aromatic rings. The van der Waals surface area contributed by atoms with Gasteiger partial charge in [0.25, 0.3) is 0 Å². The van der Waals surface area contributed by atoms with Crippen molar-refractivity contribution in [1.29, 1.82) is 0 Å². The largest absolute Gasteiger partial charge is 0.363 e. The lowest BCUT2D eigenvalue weighted by Crippen LogP contribution is -2.36. The van der Waals surface area contributed by atoms with Crippen molar-refractivity contribution >= 4 is 11.7 Å². The summed E-state index contributed by atoms with van der Waals surface area (Å²) in [5.74, 6) is 1.86. The summed E-state index contributed by atoms with van der Waals surface area (Å²) in [7, 11) is 6.11. The van der Waals surface area contributed by atoms with E-state index in [0.29, 0.717) is 18.2 Å². The van der Waals surface area contributed by atoms with Gasteiger partial charge in [-0.3, -0.25) is 9.48 Å². The summed E-state index contributed by atoms with van der Waals surface area (Å²) in [6.45, 7) is 7.69. The molecule has 24 heavy (non-hydrogen) atoms. The van der Waals surface area contributed by atoms with Crippen molar-refractivity contribution in [2.75, 3.05) is 38.6 Å². The van der Waals surface area contributed by atoms with Gasteiger partial charge in [-0.1, -0.05) is 20.3 Å². The molecule has 1 amide bonds. The lowest BCUT2D eigenvalue weighted by Gasteiger charge is -2.21. The molecule has 0 spiro atoms. The third-order valence-corrected chi connectivity index (χ3v) is 4.65. The van der Waals surface area contributed by atoms with Crippen LogP contribution in [0.4, 0.5) is 5.82 Å². The van der Waals surface area contributed by atoms with Crippen LogP contribution in [0, 0.1) is 0 Å². The first kappa shape index (κ1) is 18.8. The topological polar surface area (TPSA) is 53.4 Å². The minimum absolute atomic E-state index is 0.313. The SMILES string of the molecule is CC(C)c1nn(C)c(N(C)C)c1CNCCN1CCCCCC1=O. The maximum atomic E-state index is 12.0. The molecule has 2 heterocycles. The second-order valence-corrected chi connectivity index (χ2v) is 7.23. The van der Waals surface area contributed by atoms with E-state index in [-0.39, 0.29) is 0 Å². The summed E-state index contributed by atoms with van der Waals surface area (Å²) >= 11 is 0. The Morgan fingerprint density at radius 3 is 2.67 bits per heavy atom. The smallest absolute Gasteiger partial charge is 0.222 e. The molecule has 0 radical (unpaired) electrons. The van der Waals surface area contributed by atoms with Crippen LogP contribution in [-0.4, -0.2) is 54.3 Å². The van der Waals surface area contributed by atoms with Gasteiger partial charge in [-0.25, -0.2) is 0 Å². The number of likely N-dealkylation sites (tertiary alicyclic amines) is 1. The van der Waals surface area contributed by atoms with Gasteiger partial charge in [0.15, 0.2) is 0 Å². The fourth-order valence-corrected chi connectivity index (χ4v) is 3.47. The third kappa shape index (κ3) is 4.50. The van der Waals surface area contributed by atoms with E-state index in [1.165, 1.54) is 12.0 Å². The van der Waals surface area contributed by atoms with E-state index in [4.69, 9.17) is 5.10 Å². The first-order valence-electron chi connectivity index (χ1n) is 9.13. The average Bonchev–Trinajstić information content (AvgIpc) is 2.71. The molecule has 136 valence electrons. The van der Waals surface area contributed by atoms with Crippen LogP contribution >= 0.6 is 0 Å². The molecule has 1 fully saturated rings. The summed E-state index contributed by atoms with van der Waals surface area (Å²) in [6, 6.07) is 0. The molecular formula is C18H33N5O. The zero-order valence-electron chi connectivity index (χ0n) is 15.9. The van der Waals surface area contributed by atoms with Crippen LogP contribution in [0.1, 0.15) is 56.7 Å². The second kappa shape index (κ2) is 8.51. The number of carbonyl (C=O) groups is 1. The average molecular weight is 335 g/mol. The predicted molar refractivity (Wildman–Crippen MR) is 98.4 cm³/mol. The van der Waals surface area contributed by atoms with Crippen molar-refractivity contribution < 1.29 is 4.79 Å². The third-order valence-electron chi connectivity index (χ3n) is 4.65. The van der Waals surface area contributed by atoms with E-state index in [0.717, 1.165) is 50.5 Å². The van der Waals surface area contributed by atoms with Crippen molar-refractivity contribution in [2.24, 2.45) is 7.05 Å². The lowest BCUT2D eigenvalue weighted by atomic mass is 10.1. The minimum atomic E-state index is 0.313. The highest BCUT2D eigenvalue weighted by Gasteiger charge is 2.20. The van der Waals surface area contributed by atoms with E-state index in [9.17, 15) is 4.79 Å². The van der Waals surface area contributed by atoms with Crippen molar-refractivity contribution in [3.63, 3.8) is 0 Å². The Kier molecular flexibility index (Phi) is 6.66. The summed E-state index contributed by atoms with van der Waals surface area (Å²) in [5, 5.41) is 8.21. The van der Waals surface area contributed by atoms with E-state index < -0.39 is 0 Å². The van der Waals surface area contributed by atoms with E-state index in [1.54, 1.807) is 0 Å². The highest BCUT2D eigenvalue weighted by Crippen LogP contribution is 2.26. The lowest BCUT2D eigenvalue weighted by molar-refractivity contribution is -0.130. The Balaban J connectivity index is 1.95. The molecule has 2 rings (SSSR count). The van der Waals surface area contributed by atoms with E-state index in [2.05, 4.69) is 38.2 Å². The predicted octanol–water partition coefficient (Wildman–Crippen LogP) is 2.10. The van der Waals surface area contributed by atoms with Crippen molar-refractivity contribution in [3.8, 4) is 0 Å². The Bertz CT molecular complexity index is 550. The molecule has 0 aromatic carbocycles. The van der Waals surface area contributed by atoms with Crippen molar-refractivity contribution in [3.05, 3.63) is 11.3 Å². The number of hydrogen-bond donors (Lipinski definition) is 1. The molecular weight excluding hydrogens is 302 g/mol. The molecule has 6 nitrogen and oxygen atoms in total. The number of aromatic nitrogens is 2. The van der Waals surface area contributed by atoms with Gasteiger partial charge < -0.3 is 15.1 Å². The molecule has 1 aliphatic heterocycles. The number of hydrogen-bond acceptors (Lipinski definition) is 4. The Morgan fingerprint density at radius 1 is 1.25 bits per heavy atom. The van der Waals surface area contributed by atoms with Crippen molar-refractivity contribution in [2.45, 2.75) is 52.0 Å². The number of nitrogens with zero attached hydrogens (tertiary/aromatic N) is 4.